The number of rotatable bonds is 4. The molecule has 2 N–H and O–H groups in total. The lowest BCUT2D eigenvalue weighted by Crippen LogP contribution is -2.18. The summed E-state index contributed by atoms with van der Waals surface area (Å²) in [6, 6.07) is 14.7. The van der Waals surface area contributed by atoms with Crippen molar-refractivity contribution in [2.75, 3.05) is 0 Å². The molecule has 1 unspecified atom stereocenters. The molecule has 4 nitrogen and oxygen atoms in total. The maximum Gasteiger partial charge on any atom is 0.269 e. The summed E-state index contributed by atoms with van der Waals surface area (Å²) >= 11 is 0. The average Bonchev–Trinajstić information content (AvgIpc) is 2.39. The van der Waals surface area contributed by atoms with Crippen molar-refractivity contribution in [2.24, 2.45) is 5.73 Å². The second kappa shape index (κ2) is 5.63. The van der Waals surface area contributed by atoms with Crippen LogP contribution in [0.4, 0.5) is 5.69 Å². The predicted octanol–water partition coefficient (Wildman–Crippen LogP) is 3.15. The molecule has 1 atom stereocenters. The second-order valence-electron chi connectivity index (χ2n) is 4.64. The van der Waals surface area contributed by atoms with Crippen LogP contribution in [-0.4, -0.2) is 11.0 Å². The minimum atomic E-state index is -0.391. The molecular formula is C15H16N2O2. The SMILES string of the molecule is CC(N)Cc1ccccc1-c1ccc([N+](=O)[O-])cc1. The van der Waals surface area contributed by atoms with Crippen LogP contribution in [0.3, 0.4) is 0 Å². The van der Waals surface area contributed by atoms with Crippen LogP contribution < -0.4 is 5.73 Å². The summed E-state index contributed by atoms with van der Waals surface area (Å²) in [4.78, 5) is 10.3. The van der Waals surface area contributed by atoms with Gasteiger partial charge in [0.25, 0.3) is 5.69 Å². The third-order valence-corrected chi connectivity index (χ3v) is 2.95. The lowest BCUT2D eigenvalue weighted by Gasteiger charge is -2.11. The summed E-state index contributed by atoms with van der Waals surface area (Å²) in [7, 11) is 0. The second-order valence-corrected chi connectivity index (χ2v) is 4.64. The van der Waals surface area contributed by atoms with E-state index in [1.165, 1.54) is 12.1 Å². The quantitative estimate of drug-likeness (QED) is 0.674. The molecule has 2 aromatic carbocycles. The molecule has 0 spiro atoms. The number of non-ortho nitro benzene ring substituents is 1. The van der Waals surface area contributed by atoms with Crippen molar-refractivity contribution in [2.45, 2.75) is 19.4 Å². The van der Waals surface area contributed by atoms with Gasteiger partial charge in [0.2, 0.25) is 0 Å². The molecule has 0 heterocycles. The van der Waals surface area contributed by atoms with Gasteiger partial charge in [0.1, 0.15) is 0 Å². The third-order valence-electron chi connectivity index (χ3n) is 2.95. The number of nitrogens with zero attached hydrogens (tertiary/aromatic N) is 1. The Hall–Kier alpha value is -2.20. The van der Waals surface area contributed by atoms with Crippen LogP contribution in [0.25, 0.3) is 11.1 Å². The topological polar surface area (TPSA) is 69.2 Å². The number of nitro groups is 1. The molecule has 0 aliphatic heterocycles. The Labute approximate surface area is 112 Å². The highest BCUT2D eigenvalue weighted by molar-refractivity contribution is 5.68. The highest BCUT2D eigenvalue weighted by atomic mass is 16.6. The highest BCUT2D eigenvalue weighted by Crippen LogP contribution is 2.26. The Bertz CT molecular complexity index is 577. The normalized spacial score (nSPS) is 12.1. The van der Waals surface area contributed by atoms with Gasteiger partial charge >= 0.3 is 0 Å². The average molecular weight is 256 g/mol. The zero-order valence-corrected chi connectivity index (χ0v) is 10.7. The Morgan fingerprint density at radius 1 is 1.16 bits per heavy atom. The van der Waals surface area contributed by atoms with Gasteiger partial charge in [-0.2, -0.15) is 0 Å². The van der Waals surface area contributed by atoms with Gasteiger partial charge in [-0.05, 0) is 42.2 Å². The van der Waals surface area contributed by atoms with Gasteiger partial charge in [-0.1, -0.05) is 24.3 Å². The summed E-state index contributed by atoms with van der Waals surface area (Å²) < 4.78 is 0. The molecule has 2 rings (SSSR count). The molecule has 2 aromatic rings. The highest BCUT2D eigenvalue weighted by Gasteiger charge is 2.09. The Morgan fingerprint density at radius 2 is 1.79 bits per heavy atom. The van der Waals surface area contributed by atoms with E-state index in [-0.39, 0.29) is 11.7 Å². The van der Waals surface area contributed by atoms with Gasteiger partial charge in [0.15, 0.2) is 0 Å². The molecule has 0 bridgehead atoms. The van der Waals surface area contributed by atoms with Crippen molar-refractivity contribution in [1.82, 2.24) is 0 Å². The van der Waals surface area contributed by atoms with E-state index in [0.717, 1.165) is 23.1 Å². The maximum absolute atomic E-state index is 10.7. The summed E-state index contributed by atoms with van der Waals surface area (Å²) in [6.07, 6.45) is 0.785. The first-order chi connectivity index (χ1) is 9.08. The van der Waals surface area contributed by atoms with E-state index < -0.39 is 4.92 Å². The monoisotopic (exact) mass is 256 g/mol. The molecule has 98 valence electrons. The van der Waals surface area contributed by atoms with E-state index in [2.05, 4.69) is 0 Å². The number of hydrogen-bond donors (Lipinski definition) is 1. The van der Waals surface area contributed by atoms with E-state index in [1.54, 1.807) is 12.1 Å². The van der Waals surface area contributed by atoms with Crippen molar-refractivity contribution in [3.63, 3.8) is 0 Å². The summed E-state index contributed by atoms with van der Waals surface area (Å²) in [5.41, 5.74) is 9.16. The maximum atomic E-state index is 10.7. The van der Waals surface area contributed by atoms with Crippen molar-refractivity contribution in [1.29, 1.82) is 0 Å². The molecular weight excluding hydrogens is 240 g/mol. The first-order valence-electron chi connectivity index (χ1n) is 6.16. The van der Waals surface area contributed by atoms with E-state index in [1.807, 2.05) is 31.2 Å². The number of nitro benzene ring substituents is 1. The molecule has 0 radical (unpaired) electrons. The first-order valence-corrected chi connectivity index (χ1v) is 6.16. The van der Waals surface area contributed by atoms with Crippen LogP contribution in [-0.2, 0) is 6.42 Å². The van der Waals surface area contributed by atoms with E-state index >= 15 is 0 Å². The van der Waals surface area contributed by atoms with E-state index in [9.17, 15) is 10.1 Å². The van der Waals surface area contributed by atoms with Gasteiger partial charge in [0.05, 0.1) is 4.92 Å². The van der Waals surface area contributed by atoms with Gasteiger partial charge < -0.3 is 5.73 Å². The molecule has 0 aromatic heterocycles. The summed E-state index contributed by atoms with van der Waals surface area (Å²) in [5, 5.41) is 10.7. The fraction of sp³-hybridized carbons (Fsp3) is 0.200. The van der Waals surface area contributed by atoms with Crippen LogP contribution in [0.5, 0.6) is 0 Å². The first kappa shape index (κ1) is 13.2. The Morgan fingerprint density at radius 3 is 2.37 bits per heavy atom. The minimum Gasteiger partial charge on any atom is -0.328 e. The molecule has 0 amide bonds. The third kappa shape index (κ3) is 3.17. The molecule has 0 aliphatic rings. The number of nitrogens with two attached hydrogens (primary N) is 1. The van der Waals surface area contributed by atoms with Crippen molar-refractivity contribution in [3.05, 3.63) is 64.2 Å². The summed E-state index contributed by atoms with van der Waals surface area (Å²) in [5.74, 6) is 0. The Kier molecular flexibility index (Phi) is 3.92. The molecule has 0 saturated heterocycles. The lowest BCUT2D eigenvalue weighted by atomic mass is 9.96. The molecule has 0 aliphatic carbocycles. The zero-order chi connectivity index (χ0) is 13.8. The Balaban J connectivity index is 2.38. The molecule has 4 heteroatoms. The van der Waals surface area contributed by atoms with Gasteiger partial charge in [-0.3, -0.25) is 10.1 Å². The van der Waals surface area contributed by atoms with E-state index in [0.29, 0.717) is 0 Å². The standard InChI is InChI=1S/C15H16N2O2/c1-11(16)10-13-4-2-3-5-15(13)12-6-8-14(9-7-12)17(18)19/h2-9,11H,10,16H2,1H3. The smallest absolute Gasteiger partial charge is 0.269 e. The number of benzene rings is 2. The van der Waals surface area contributed by atoms with Crippen LogP contribution in [0.15, 0.2) is 48.5 Å². The fourth-order valence-electron chi connectivity index (χ4n) is 2.09. The largest absolute Gasteiger partial charge is 0.328 e. The van der Waals surface area contributed by atoms with Gasteiger partial charge in [-0.15, -0.1) is 0 Å². The van der Waals surface area contributed by atoms with Crippen LogP contribution in [0.1, 0.15) is 12.5 Å². The van der Waals surface area contributed by atoms with Crippen molar-refractivity contribution in [3.8, 4) is 11.1 Å². The summed E-state index contributed by atoms with van der Waals surface area (Å²) in [6.45, 7) is 1.96. The molecule has 19 heavy (non-hydrogen) atoms. The van der Waals surface area contributed by atoms with Crippen molar-refractivity contribution < 1.29 is 4.92 Å². The van der Waals surface area contributed by atoms with Crippen LogP contribution >= 0.6 is 0 Å². The zero-order valence-electron chi connectivity index (χ0n) is 10.7. The van der Waals surface area contributed by atoms with Crippen LogP contribution in [0, 0.1) is 10.1 Å². The molecule has 0 saturated carbocycles. The lowest BCUT2D eigenvalue weighted by molar-refractivity contribution is -0.384. The minimum absolute atomic E-state index is 0.0826. The van der Waals surface area contributed by atoms with Gasteiger partial charge in [-0.25, -0.2) is 0 Å². The predicted molar refractivity (Wildman–Crippen MR) is 75.9 cm³/mol. The van der Waals surface area contributed by atoms with Crippen molar-refractivity contribution >= 4 is 5.69 Å². The van der Waals surface area contributed by atoms with Gasteiger partial charge in [0, 0.05) is 18.2 Å². The fourth-order valence-corrected chi connectivity index (χ4v) is 2.09. The molecule has 0 fully saturated rings. The number of hydrogen-bond acceptors (Lipinski definition) is 3. The van der Waals surface area contributed by atoms with Crippen LogP contribution in [0.2, 0.25) is 0 Å². The van der Waals surface area contributed by atoms with E-state index in [4.69, 9.17) is 5.73 Å².